The Morgan fingerprint density at radius 2 is 1.96 bits per heavy atom. The molecular formula is C19H20O5. The number of methoxy groups -OCH3 is 1. The van der Waals surface area contributed by atoms with Crippen LogP contribution in [0.5, 0.6) is 17.2 Å². The summed E-state index contributed by atoms with van der Waals surface area (Å²) in [5, 5.41) is 22.6. The van der Waals surface area contributed by atoms with Crippen LogP contribution < -0.4 is 9.47 Å². The van der Waals surface area contributed by atoms with Crippen LogP contribution in [0, 0.1) is 6.92 Å². The van der Waals surface area contributed by atoms with E-state index in [2.05, 4.69) is 0 Å². The average Bonchev–Trinajstić information content (AvgIpc) is 2.90. The van der Waals surface area contributed by atoms with Crippen LogP contribution in [0.25, 0.3) is 10.8 Å². The van der Waals surface area contributed by atoms with Crippen LogP contribution in [0.1, 0.15) is 53.9 Å². The number of ketones is 1. The molecule has 0 saturated carbocycles. The van der Waals surface area contributed by atoms with Gasteiger partial charge < -0.3 is 19.7 Å². The molecule has 2 aliphatic rings. The van der Waals surface area contributed by atoms with Gasteiger partial charge in [-0.2, -0.15) is 0 Å². The van der Waals surface area contributed by atoms with Gasteiger partial charge in [0.05, 0.1) is 12.7 Å². The number of carbonyl (C=O) groups excluding carboxylic acids is 1. The number of phenolic OH excluding ortho intramolecular Hbond substituents is 1. The smallest absolute Gasteiger partial charge is 0.200 e. The molecule has 2 N–H and O–H groups in total. The molecule has 2 atom stereocenters. The number of Topliss-reactive ketones (excluding diaryl/α,β-unsaturated/α-hetero) is 1. The summed E-state index contributed by atoms with van der Waals surface area (Å²) in [4.78, 5) is 12.7. The quantitative estimate of drug-likeness (QED) is 0.841. The number of hydrogen-bond acceptors (Lipinski definition) is 5. The Bertz CT molecular complexity index is 926. The predicted octanol–water partition coefficient (Wildman–Crippen LogP) is 3.15. The van der Waals surface area contributed by atoms with Gasteiger partial charge in [-0.15, -0.1) is 0 Å². The van der Waals surface area contributed by atoms with Gasteiger partial charge in [-0.25, -0.2) is 0 Å². The van der Waals surface area contributed by atoms with Crippen molar-refractivity contribution in [3.63, 3.8) is 0 Å². The topological polar surface area (TPSA) is 76.0 Å². The molecule has 0 radical (unpaired) electrons. The second kappa shape index (κ2) is 4.42. The summed E-state index contributed by atoms with van der Waals surface area (Å²) in [6.45, 7) is 7.83. The number of aliphatic hydroxyl groups excluding tert-OH is 1. The minimum Gasteiger partial charge on any atom is -0.507 e. The number of rotatable bonds is 1. The van der Waals surface area contributed by atoms with E-state index in [1.54, 1.807) is 6.07 Å². The zero-order valence-corrected chi connectivity index (χ0v) is 14.4. The van der Waals surface area contributed by atoms with E-state index in [-0.39, 0.29) is 17.4 Å². The van der Waals surface area contributed by atoms with E-state index >= 15 is 0 Å². The molecule has 0 aromatic heterocycles. The first kappa shape index (κ1) is 15.3. The molecular weight excluding hydrogens is 308 g/mol. The number of benzene rings is 2. The number of fused-ring (bicyclic) bond motifs is 2. The van der Waals surface area contributed by atoms with Gasteiger partial charge in [0.1, 0.15) is 29.5 Å². The van der Waals surface area contributed by atoms with Gasteiger partial charge in [0, 0.05) is 27.3 Å². The normalized spacial score (nSPS) is 23.5. The molecule has 0 fully saturated rings. The number of hydrogen-bond donors (Lipinski definition) is 2. The predicted molar refractivity (Wildman–Crippen MR) is 89.3 cm³/mol. The highest BCUT2D eigenvalue weighted by atomic mass is 16.5. The third-order valence-electron chi connectivity index (χ3n) is 5.65. The van der Waals surface area contributed by atoms with Crippen LogP contribution in [-0.4, -0.2) is 29.2 Å². The van der Waals surface area contributed by atoms with Crippen molar-refractivity contribution in [2.75, 3.05) is 7.11 Å². The van der Waals surface area contributed by atoms with E-state index in [4.69, 9.17) is 9.47 Å². The van der Waals surface area contributed by atoms with Crippen molar-refractivity contribution < 1.29 is 24.5 Å². The Morgan fingerprint density at radius 1 is 1.29 bits per heavy atom. The molecule has 5 heteroatoms. The number of aromatic hydroxyl groups is 1. The Balaban J connectivity index is 2.27. The largest absolute Gasteiger partial charge is 0.507 e. The Hall–Kier alpha value is -2.27. The van der Waals surface area contributed by atoms with E-state index in [1.165, 1.54) is 7.11 Å². The fourth-order valence-corrected chi connectivity index (χ4v) is 4.02. The number of phenols is 1. The molecule has 1 unspecified atom stereocenters. The number of carbonyl (C=O) groups is 1. The number of aliphatic hydroxyl groups is 1. The van der Waals surface area contributed by atoms with Crippen molar-refractivity contribution >= 4 is 16.6 Å². The van der Waals surface area contributed by atoms with Crippen molar-refractivity contribution in [1.29, 1.82) is 0 Å². The molecule has 1 aliphatic heterocycles. The van der Waals surface area contributed by atoms with Crippen LogP contribution in [-0.2, 0) is 5.41 Å². The molecule has 0 bridgehead atoms. The molecule has 0 saturated heterocycles. The summed E-state index contributed by atoms with van der Waals surface area (Å²) in [5.74, 6) is 0.480. The summed E-state index contributed by atoms with van der Waals surface area (Å²) >= 11 is 0. The van der Waals surface area contributed by atoms with Crippen LogP contribution >= 0.6 is 0 Å². The third-order valence-corrected chi connectivity index (χ3v) is 5.65. The summed E-state index contributed by atoms with van der Waals surface area (Å²) in [7, 11) is 1.50. The number of ether oxygens (including phenoxy) is 2. The molecule has 2 aromatic rings. The molecule has 2 aromatic carbocycles. The van der Waals surface area contributed by atoms with Crippen LogP contribution in [0.15, 0.2) is 6.07 Å². The van der Waals surface area contributed by atoms with Gasteiger partial charge in [-0.1, -0.05) is 13.8 Å². The maximum absolute atomic E-state index is 12.7. The minimum atomic E-state index is -1.33. The van der Waals surface area contributed by atoms with Crippen molar-refractivity contribution in [3.05, 3.63) is 28.3 Å². The van der Waals surface area contributed by atoms with Crippen LogP contribution in [0.3, 0.4) is 0 Å². The van der Waals surface area contributed by atoms with E-state index < -0.39 is 17.3 Å². The van der Waals surface area contributed by atoms with Crippen molar-refractivity contribution in [1.82, 2.24) is 0 Å². The van der Waals surface area contributed by atoms with Gasteiger partial charge in [0.2, 0.25) is 0 Å². The zero-order chi connectivity index (χ0) is 17.5. The van der Waals surface area contributed by atoms with Gasteiger partial charge in [0.15, 0.2) is 5.78 Å². The van der Waals surface area contributed by atoms with Gasteiger partial charge in [0.25, 0.3) is 0 Å². The molecule has 4 rings (SSSR count). The first-order valence-electron chi connectivity index (χ1n) is 8.01. The third kappa shape index (κ3) is 1.51. The summed E-state index contributed by atoms with van der Waals surface area (Å²) < 4.78 is 11.4. The van der Waals surface area contributed by atoms with E-state index in [0.717, 1.165) is 10.9 Å². The minimum absolute atomic E-state index is 0.0812. The Morgan fingerprint density at radius 3 is 2.58 bits per heavy atom. The van der Waals surface area contributed by atoms with E-state index in [1.807, 2.05) is 27.7 Å². The highest BCUT2D eigenvalue weighted by molar-refractivity contribution is 6.22. The zero-order valence-electron chi connectivity index (χ0n) is 14.4. The second-order valence-corrected chi connectivity index (χ2v) is 7.24. The lowest BCUT2D eigenvalue weighted by Gasteiger charge is -2.23. The Labute approximate surface area is 139 Å². The molecule has 0 amide bonds. The lowest BCUT2D eigenvalue weighted by Crippen LogP contribution is -2.29. The molecule has 24 heavy (non-hydrogen) atoms. The van der Waals surface area contributed by atoms with Gasteiger partial charge in [-0.3, -0.25) is 4.79 Å². The highest BCUT2D eigenvalue weighted by Crippen LogP contribution is 2.58. The SMILES string of the molecule is COc1cc(C)c2c3c(c(O)c4c2c1C(O)C4=O)C(C)(C)[C@H](C)O3. The monoisotopic (exact) mass is 328 g/mol. The second-order valence-electron chi connectivity index (χ2n) is 7.24. The molecule has 1 heterocycles. The van der Waals surface area contributed by atoms with Crippen molar-refractivity contribution in [2.24, 2.45) is 0 Å². The first-order chi connectivity index (χ1) is 11.2. The van der Waals surface area contributed by atoms with Gasteiger partial charge >= 0.3 is 0 Å². The van der Waals surface area contributed by atoms with Crippen molar-refractivity contribution in [2.45, 2.75) is 45.3 Å². The molecule has 0 spiro atoms. The van der Waals surface area contributed by atoms with Gasteiger partial charge in [-0.05, 0) is 25.5 Å². The maximum Gasteiger partial charge on any atom is 0.200 e. The van der Waals surface area contributed by atoms with E-state index in [9.17, 15) is 15.0 Å². The lowest BCUT2D eigenvalue weighted by atomic mass is 9.79. The van der Waals surface area contributed by atoms with E-state index in [0.29, 0.717) is 28.0 Å². The van der Waals surface area contributed by atoms with Crippen LogP contribution in [0.4, 0.5) is 0 Å². The fourth-order valence-electron chi connectivity index (χ4n) is 4.02. The van der Waals surface area contributed by atoms with Crippen molar-refractivity contribution in [3.8, 4) is 17.2 Å². The molecule has 1 aliphatic carbocycles. The highest BCUT2D eigenvalue weighted by Gasteiger charge is 2.47. The summed E-state index contributed by atoms with van der Waals surface area (Å²) in [6.07, 6.45) is -1.46. The average molecular weight is 328 g/mol. The fraction of sp³-hybridized carbons (Fsp3) is 0.421. The Kier molecular flexibility index (Phi) is 2.81. The molecule has 5 nitrogen and oxygen atoms in total. The first-order valence-corrected chi connectivity index (χ1v) is 8.01. The lowest BCUT2D eigenvalue weighted by molar-refractivity contribution is 0.0759. The summed E-state index contributed by atoms with van der Waals surface area (Å²) in [6, 6.07) is 1.81. The summed E-state index contributed by atoms with van der Waals surface area (Å²) in [5.41, 5.74) is 1.68. The maximum atomic E-state index is 12.7. The number of aryl methyl sites for hydroxylation is 1. The standard InChI is InChI=1S/C19H20O5/c1-7-6-9(23-5)11-12-10(7)18-14(19(3,4)8(2)24-18)15(20)13(12)17(22)16(11)21/h6,8,16,20-21H,1-5H3/t8-,16?/m0/s1. The van der Waals surface area contributed by atoms with Crippen LogP contribution in [0.2, 0.25) is 0 Å². The molecule has 126 valence electrons.